The summed E-state index contributed by atoms with van der Waals surface area (Å²) in [5.74, 6) is 0.716. The second-order valence-corrected chi connectivity index (χ2v) is 4.83. The summed E-state index contributed by atoms with van der Waals surface area (Å²) >= 11 is 0. The first kappa shape index (κ1) is 13.9. The average Bonchev–Trinajstić information content (AvgIpc) is 2.51. The first-order chi connectivity index (χ1) is 10.6. The number of carbonyl (C=O) groups excluding carboxylic acids is 1. The number of anilines is 2. The van der Waals surface area contributed by atoms with Gasteiger partial charge in [-0.2, -0.15) is 0 Å². The predicted octanol–water partition coefficient (Wildman–Crippen LogP) is 1.06. The van der Waals surface area contributed by atoms with E-state index in [0.717, 1.165) is 0 Å². The van der Waals surface area contributed by atoms with Gasteiger partial charge in [0.15, 0.2) is 12.4 Å². The van der Waals surface area contributed by atoms with Crippen LogP contribution < -0.4 is 21.1 Å². The molecule has 2 heterocycles. The molecule has 1 aliphatic heterocycles. The number of likely N-dealkylation sites (N-methyl/N-ethyl adjacent to an activating group) is 1. The Labute approximate surface area is 127 Å². The molecule has 7 nitrogen and oxygen atoms in total. The molecule has 0 aliphatic carbocycles. The summed E-state index contributed by atoms with van der Waals surface area (Å²) in [6.45, 7) is 0.0132. The Balaban J connectivity index is 1.95. The van der Waals surface area contributed by atoms with Crippen molar-refractivity contribution in [1.82, 2.24) is 4.98 Å². The normalized spacial score (nSPS) is 14.5. The predicted molar refractivity (Wildman–Crippen MR) is 84.4 cm³/mol. The van der Waals surface area contributed by atoms with Gasteiger partial charge >= 0.3 is 0 Å². The molecular formula is C15H15N5O2. The zero-order chi connectivity index (χ0) is 15.7. The number of amidine groups is 1. The summed E-state index contributed by atoms with van der Waals surface area (Å²) in [7, 11) is 1.70. The van der Waals surface area contributed by atoms with Crippen LogP contribution in [0.3, 0.4) is 0 Å². The highest BCUT2D eigenvalue weighted by Crippen LogP contribution is 2.34. The Morgan fingerprint density at radius 2 is 2.23 bits per heavy atom. The number of nitrogens with zero attached hydrogens (tertiary/aromatic N) is 3. The zero-order valence-electron chi connectivity index (χ0n) is 12.0. The lowest BCUT2D eigenvalue weighted by Gasteiger charge is -2.25. The SMILES string of the molecule is CN1C(=O)COc2cc(N=C(N)c3ncccc3N)ccc21. The highest BCUT2D eigenvalue weighted by Gasteiger charge is 2.22. The molecule has 1 aromatic carbocycles. The van der Waals surface area contributed by atoms with Crippen molar-refractivity contribution < 1.29 is 9.53 Å². The molecule has 0 spiro atoms. The Hall–Kier alpha value is -3.09. The van der Waals surface area contributed by atoms with Gasteiger partial charge in [0.05, 0.1) is 17.1 Å². The number of fused-ring (bicyclic) bond motifs is 1. The maximum Gasteiger partial charge on any atom is 0.264 e. The molecule has 0 unspecified atom stereocenters. The Bertz CT molecular complexity index is 772. The first-order valence-electron chi connectivity index (χ1n) is 6.64. The summed E-state index contributed by atoms with van der Waals surface area (Å²) in [4.78, 5) is 21.6. The van der Waals surface area contributed by atoms with E-state index in [0.29, 0.717) is 28.5 Å². The van der Waals surface area contributed by atoms with Gasteiger partial charge in [0.1, 0.15) is 11.4 Å². The number of amides is 1. The highest BCUT2D eigenvalue weighted by atomic mass is 16.5. The number of carbonyl (C=O) groups is 1. The second kappa shape index (κ2) is 5.36. The van der Waals surface area contributed by atoms with Crippen molar-refractivity contribution in [3.8, 4) is 5.75 Å². The Morgan fingerprint density at radius 1 is 1.41 bits per heavy atom. The molecule has 1 amide bonds. The van der Waals surface area contributed by atoms with E-state index in [9.17, 15) is 4.79 Å². The van der Waals surface area contributed by atoms with Crippen molar-refractivity contribution in [1.29, 1.82) is 0 Å². The van der Waals surface area contributed by atoms with Crippen LogP contribution in [0.15, 0.2) is 41.5 Å². The average molecular weight is 297 g/mol. The van der Waals surface area contributed by atoms with Gasteiger partial charge < -0.3 is 21.1 Å². The molecule has 2 aromatic rings. The lowest BCUT2D eigenvalue weighted by molar-refractivity contribution is -0.120. The minimum absolute atomic E-state index is 0.0132. The summed E-state index contributed by atoms with van der Waals surface area (Å²) < 4.78 is 5.42. The van der Waals surface area contributed by atoms with Gasteiger partial charge in [-0.05, 0) is 24.3 Å². The fraction of sp³-hybridized carbons (Fsp3) is 0.133. The number of pyridine rings is 1. The van der Waals surface area contributed by atoms with Gasteiger partial charge in [0.25, 0.3) is 5.91 Å². The number of hydrogen-bond donors (Lipinski definition) is 2. The highest BCUT2D eigenvalue weighted by molar-refractivity contribution is 6.02. The fourth-order valence-electron chi connectivity index (χ4n) is 2.16. The molecule has 0 bridgehead atoms. The van der Waals surface area contributed by atoms with Crippen LogP contribution in [0.2, 0.25) is 0 Å². The molecule has 1 aliphatic rings. The van der Waals surface area contributed by atoms with Crippen LogP contribution in [0.25, 0.3) is 0 Å². The van der Waals surface area contributed by atoms with Crippen molar-refractivity contribution in [2.24, 2.45) is 10.7 Å². The molecule has 0 fully saturated rings. The summed E-state index contributed by atoms with van der Waals surface area (Å²) in [6.07, 6.45) is 1.60. The van der Waals surface area contributed by atoms with Gasteiger partial charge in [0, 0.05) is 19.3 Å². The number of nitrogen functional groups attached to an aromatic ring is 1. The van der Waals surface area contributed by atoms with E-state index in [1.165, 1.54) is 0 Å². The number of aromatic nitrogens is 1. The van der Waals surface area contributed by atoms with Crippen LogP contribution in [0.1, 0.15) is 5.69 Å². The molecule has 0 radical (unpaired) electrons. The van der Waals surface area contributed by atoms with Crippen LogP contribution >= 0.6 is 0 Å². The van der Waals surface area contributed by atoms with Gasteiger partial charge in [-0.25, -0.2) is 4.99 Å². The minimum atomic E-state index is -0.0930. The molecule has 0 saturated carbocycles. The number of benzene rings is 1. The number of nitrogens with two attached hydrogens (primary N) is 2. The number of ether oxygens (including phenoxy) is 1. The lowest BCUT2D eigenvalue weighted by atomic mass is 10.2. The maximum absolute atomic E-state index is 11.6. The molecule has 7 heteroatoms. The van der Waals surface area contributed by atoms with Crippen molar-refractivity contribution in [2.45, 2.75) is 0 Å². The second-order valence-electron chi connectivity index (χ2n) is 4.83. The zero-order valence-corrected chi connectivity index (χ0v) is 12.0. The van der Waals surface area contributed by atoms with E-state index < -0.39 is 0 Å². The quantitative estimate of drug-likeness (QED) is 0.636. The third-order valence-electron chi connectivity index (χ3n) is 3.36. The summed E-state index contributed by atoms with van der Waals surface area (Å²) in [5.41, 5.74) is 14.0. The topological polar surface area (TPSA) is 107 Å². The molecule has 22 heavy (non-hydrogen) atoms. The third kappa shape index (κ3) is 2.44. The van der Waals surface area contributed by atoms with Crippen LogP contribution in [-0.4, -0.2) is 30.4 Å². The molecule has 0 atom stereocenters. The summed E-state index contributed by atoms with van der Waals surface area (Å²) in [5, 5.41) is 0. The minimum Gasteiger partial charge on any atom is -0.481 e. The number of aliphatic imine (C=N–C) groups is 1. The van der Waals surface area contributed by atoms with Crippen LogP contribution in [0.5, 0.6) is 5.75 Å². The van der Waals surface area contributed by atoms with Gasteiger partial charge in [0.2, 0.25) is 0 Å². The van der Waals surface area contributed by atoms with E-state index in [1.807, 2.05) is 0 Å². The lowest BCUT2D eigenvalue weighted by Crippen LogP contribution is -2.35. The Morgan fingerprint density at radius 3 is 3.00 bits per heavy atom. The van der Waals surface area contributed by atoms with Gasteiger partial charge in [-0.1, -0.05) is 0 Å². The van der Waals surface area contributed by atoms with Crippen molar-refractivity contribution >= 4 is 28.8 Å². The number of rotatable bonds is 2. The van der Waals surface area contributed by atoms with Gasteiger partial charge in [-0.15, -0.1) is 0 Å². The van der Waals surface area contributed by atoms with E-state index in [2.05, 4.69) is 9.98 Å². The summed E-state index contributed by atoms with van der Waals surface area (Å²) in [6, 6.07) is 8.68. The van der Waals surface area contributed by atoms with E-state index in [-0.39, 0.29) is 18.3 Å². The molecule has 3 rings (SSSR count). The van der Waals surface area contributed by atoms with E-state index >= 15 is 0 Å². The van der Waals surface area contributed by atoms with Crippen LogP contribution in [-0.2, 0) is 4.79 Å². The fourth-order valence-corrected chi connectivity index (χ4v) is 2.16. The standard InChI is InChI=1S/C15H15N5O2/c1-20-11-5-4-9(7-12(11)22-8-13(20)21)19-15(17)14-10(16)3-2-6-18-14/h2-7H,8,16H2,1H3,(H2,17,19). The van der Waals surface area contributed by atoms with Crippen LogP contribution in [0, 0.1) is 0 Å². The molecule has 1 aromatic heterocycles. The first-order valence-corrected chi connectivity index (χ1v) is 6.64. The largest absolute Gasteiger partial charge is 0.481 e. The number of hydrogen-bond acceptors (Lipinski definition) is 5. The van der Waals surface area contributed by atoms with Crippen molar-refractivity contribution in [3.05, 3.63) is 42.2 Å². The molecular weight excluding hydrogens is 282 g/mol. The maximum atomic E-state index is 11.6. The smallest absolute Gasteiger partial charge is 0.264 e. The molecule has 4 N–H and O–H groups in total. The monoisotopic (exact) mass is 297 g/mol. The Kier molecular flexibility index (Phi) is 3.38. The third-order valence-corrected chi connectivity index (χ3v) is 3.36. The van der Waals surface area contributed by atoms with Gasteiger partial charge in [-0.3, -0.25) is 9.78 Å². The van der Waals surface area contributed by atoms with E-state index in [1.54, 1.807) is 48.5 Å². The van der Waals surface area contributed by atoms with Crippen molar-refractivity contribution in [2.75, 3.05) is 24.3 Å². The van der Waals surface area contributed by atoms with E-state index in [4.69, 9.17) is 16.2 Å². The van der Waals surface area contributed by atoms with Crippen LogP contribution in [0.4, 0.5) is 17.1 Å². The van der Waals surface area contributed by atoms with Crippen molar-refractivity contribution in [3.63, 3.8) is 0 Å². The molecule has 112 valence electrons. The molecule has 0 saturated heterocycles.